The highest BCUT2D eigenvalue weighted by Crippen LogP contribution is 2.14. The van der Waals surface area contributed by atoms with Crippen molar-refractivity contribution in [2.45, 2.75) is 19.7 Å². The Kier molecular flexibility index (Phi) is 6.41. The van der Waals surface area contributed by atoms with Gasteiger partial charge in [0.15, 0.2) is 0 Å². The maximum absolute atomic E-state index is 11.9. The summed E-state index contributed by atoms with van der Waals surface area (Å²) in [5, 5.41) is 35.2. The molecule has 4 aromatic carbocycles. The smallest absolute Gasteiger partial charge is 0.337 e. The first kappa shape index (κ1) is 25.6. The lowest BCUT2D eigenvalue weighted by atomic mass is 10.1. The van der Waals surface area contributed by atoms with Crippen LogP contribution in [0.25, 0.3) is 0 Å². The van der Waals surface area contributed by atoms with Gasteiger partial charge in [0.1, 0.15) is 10.7 Å². The Labute approximate surface area is 238 Å². The first-order valence-corrected chi connectivity index (χ1v) is 13.6. The van der Waals surface area contributed by atoms with E-state index in [1.807, 2.05) is 82.2 Å². The van der Waals surface area contributed by atoms with Crippen molar-refractivity contribution < 1.29 is 14.6 Å². The van der Waals surface area contributed by atoms with Gasteiger partial charge in [-0.05, 0) is 28.8 Å². The molecule has 9 nitrogen and oxygen atoms in total. The molecule has 0 amide bonds. The molecule has 206 valence electrons. The zero-order valence-electron chi connectivity index (χ0n) is 22.8. The van der Waals surface area contributed by atoms with Gasteiger partial charge in [-0.2, -0.15) is 0 Å². The van der Waals surface area contributed by atoms with E-state index in [4.69, 9.17) is 4.74 Å². The Morgan fingerprint density at radius 2 is 1.07 bits per heavy atom. The van der Waals surface area contributed by atoms with E-state index < -0.39 is 0 Å². The van der Waals surface area contributed by atoms with Gasteiger partial charge in [-0.1, -0.05) is 95.4 Å². The van der Waals surface area contributed by atoms with E-state index in [0.29, 0.717) is 18.7 Å². The quantitative estimate of drug-likeness (QED) is 0.312. The van der Waals surface area contributed by atoms with Crippen LogP contribution in [0.4, 0.5) is 0 Å². The molecule has 1 N–H and O–H groups in total. The van der Waals surface area contributed by atoms with E-state index in [1.165, 1.54) is 7.11 Å². The molecular formula is C33H26N6O3. The molecule has 0 aliphatic heterocycles. The zero-order chi connectivity index (χ0) is 28.6. The van der Waals surface area contributed by atoms with Gasteiger partial charge >= 0.3 is 5.97 Å². The minimum atomic E-state index is -0.372. The normalized spacial score (nSPS) is 14.9. The van der Waals surface area contributed by atoms with Crippen molar-refractivity contribution >= 4 is 5.97 Å². The molecule has 6 aromatic rings. The lowest BCUT2D eigenvalue weighted by molar-refractivity contribution is 0.0600. The fourth-order valence-corrected chi connectivity index (χ4v) is 5.50. The number of rotatable bonds is 6. The van der Waals surface area contributed by atoms with Gasteiger partial charge in [-0.3, -0.25) is 0 Å². The molecule has 0 bridgehead atoms. The van der Waals surface area contributed by atoms with Crippen LogP contribution in [-0.2, 0) is 24.4 Å². The summed E-state index contributed by atoms with van der Waals surface area (Å²) in [5.74, 6) is -0.372. The van der Waals surface area contributed by atoms with E-state index in [-0.39, 0.29) is 12.6 Å². The fourth-order valence-electron chi connectivity index (χ4n) is 5.50. The molecular weight excluding hydrogens is 528 g/mol. The predicted molar refractivity (Wildman–Crippen MR) is 152 cm³/mol. The molecule has 2 aromatic heterocycles. The summed E-state index contributed by atoms with van der Waals surface area (Å²) in [4.78, 5) is 11.9. The van der Waals surface area contributed by atoms with Crippen LogP contribution in [0.15, 0.2) is 97.1 Å². The van der Waals surface area contributed by atoms with Crippen molar-refractivity contribution in [3.63, 3.8) is 0 Å². The number of methoxy groups -OCH3 is 1. The third-order valence-electron chi connectivity index (χ3n) is 7.59. The van der Waals surface area contributed by atoms with E-state index >= 15 is 0 Å². The van der Waals surface area contributed by atoms with E-state index in [9.17, 15) is 9.90 Å². The molecule has 0 radical (unpaired) electrons. The molecule has 1 aliphatic rings. The average Bonchev–Trinajstić information content (AvgIpc) is 3.64. The number of hydrogen-bond donors (Lipinski definition) is 1. The SMILES string of the molecule is COC(=O)c1ccc(Cn2nnc3/c2=c2/cccc/c2=c2/c(nnn2Cc2ccc(CO)cc2)=c2/cccc/c2=3)cc1. The van der Waals surface area contributed by atoms with Crippen LogP contribution in [0.2, 0.25) is 0 Å². The molecule has 42 heavy (non-hydrogen) atoms. The van der Waals surface area contributed by atoms with E-state index in [2.05, 4.69) is 32.8 Å². The Bertz CT molecular complexity index is 2350. The summed E-state index contributed by atoms with van der Waals surface area (Å²) in [6.45, 7) is 0.978. The molecule has 0 saturated heterocycles. The van der Waals surface area contributed by atoms with Crippen molar-refractivity contribution in [1.82, 2.24) is 30.0 Å². The summed E-state index contributed by atoms with van der Waals surface area (Å²) >= 11 is 0. The number of fused-ring (bicyclic) bond motifs is 4. The van der Waals surface area contributed by atoms with Gasteiger partial charge in [0.05, 0.1) is 43.1 Å². The Hall–Kier alpha value is -5.41. The van der Waals surface area contributed by atoms with Crippen molar-refractivity contribution in [3.8, 4) is 0 Å². The number of carbonyl (C=O) groups excluding carboxylic acids is 1. The van der Waals surface area contributed by atoms with Gasteiger partial charge < -0.3 is 9.84 Å². The standard InChI is InChI=1S/C33H26N6O3/c1-42-33(41)24-16-14-22(15-17-24)19-39-32-28-9-5-4-8-27(28)31-29(25-6-2-3-7-26(25)30(32)35-37-39)34-36-38(31)18-21-10-12-23(20-40)13-11-21/h2-17,40H,18-20H2,1H3/b29-25+,30-26+,31-27+,32-28+. The van der Waals surface area contributed by atoms with Crippen molar-refractivity contribution in [2.24, 2.45) is 0 Å². The second kappa shape index (κ2) is 10.5. The molecule has 0 atom stereocenters. The van der Waals surface area contributed by atoms with Gasteiger partial charge in [-0.25, -0.2) is 14.2 Å². The average molecular weight is 555 g/mol. The van der Waals surface area contributed by atoms with Crippen molar-refractivity contribution in [1.29, 1.82) is 0 Å². The van der Waals surface area contributed by atoms with Gasteiger partial charge in [0, 0.05) is 20.9 Å². The van der Waals surface area contributed by atoms with Gasteiger partial charge in [-0.15, -0.1) is 10.2 Å². The van der Waals surface area contributed by atoms with Crippen LogP contribution in [0, 0.1) is 42.3 Å². The largest absolute Gasteiger partial charge is 0.465 e. The van der Waals surface area contributed by atoms with Crippen LogP contribution in [0.1, 0.15) is 27.0 Å². The van der Waals surface area contributed by atoms with Crippen LogP contribution < -0.4 is 0 Å². The number of esters is 1. The lowest BCUT2D eigenvalue weighted by Crippen LogP contribution is -2.06. The molecule has 9 heteroatoms. The van der Waals surface area contributed by atoms with Crippen LogP contribution in [0.5, 0.6) is 0 Å². The van der Waals surface area contributed by atoms with Gasteiger partial charge in [0.25, 0.3) is 0 Å². The number of aromatic nitrogens is 6. The highest BCUT2D eigenvalue weighted by Gasteiger charge is 2.12. The maximum Gasteiger partial charge on any atom is 0.337 e. The van der Waals surface area contributed by atoms with E-state index in [0.717, 1.165) is 59.0 Å². The van der Waals surface area contributed by atoms with E-state index in [1.54, 1.807) is 12.1 Å². The number of ether oxygens (including phenoxy) is 1. The lowest BCUT2D eigenvalue weighted by Gasteiger charge is -2.05. The minimum absolute atomic E-state index is 0.00262. The number of aliphatic hydroxyl groups is 1. The van der Waals surface area contributed by atoms with Crippen molar-refractivity contribution in [3.05, 3.63) is 162 Å². The number of hydrogen-bond acceptors (Lipinski definition) is 7. The number of benzene rings is 4. The summed E-state index contributed by atoms with van der Waals surface area (Å²) in [6, 6.07) is 31.5. The number of carbonyl (C=O) groups is 1. The zero-order valence-corrected chi connectivity index (χ0v) is 22.8. The molecule has 0 spiro atoms. The highest BCUT2D eigenvalue weighted by atomic mass is 16.5. The predicted octanol–water partition coefficient (Wildman–Crippen LogP) is 3.71. The minimum Gasteiger partial charge on any atom is -0.465 e. The Morgan fingerprint density at radius 1 is 0.643 bits per heavy atom. The summed E-state index contributed by atoms with van der Waals surface area (Å²) in [6.07, 6.45) is 0. The first-order chi connectivity index (χ1) is 20.6. The second-order valence-corrected chi connectivity index (χ2v) is 10.1. The first-order valence-electron chi connectivity index (χ1n) is 13.6. The van der Waals surface area contributed by atoms with Crippen molar-refractivity contribution in [2.75, 3.05) is 7.11 Å². The summed E-state index contributed by atoms with van der Waals surface area (Å²) < 4.78 is 8.69. The fraction of sp³-hybridized carbons (Fsp3) is 0.121. The molecule has 0 unspecified atom stereocenters. The summed E-state index contributed by atoms with van der Waals surface area (Å²) in [7, 11) is 1.37. The number of aliphatic hydroxyl groups excluding tert-OH is 1. The maximum atomic E-state index is 11.9. The Morgan fingerprint density at radius 3 is 1.52 bits per heavy atom. The van der Waals surface area contributed by atoms with Crippen LogP contribution in [0.3, 0.4) is 0 Å². The monoisotopic (exact) mass is 554 g/mol. The second-order valence-electron chi connectivity index (χ2n) is 10.1. The third kappa shape index (κ3) is 4.36. The van der Waals surface area contributed by atoms with Crippen LogP contribution >= 0.6 is 0 Å². The molecule has 1 aliphatic carbocycles. The molecule has 7 rings (SSSR count). The third-order valence-corrected chi connectivity index (χ3v) is 7.59. The molecule has 0 saturated carbocycles. The topological polar surface area (TPSA) is 108 Å². The van der Waals surface area contributed by atoms with Crippen LogP contribution in [-0.4, -0.2) is 48.2 Å². The number of nitrogens with zero attached hydrogens (tertiary/aromatic N) is 6. The molecule has 0 fully saturated rings. The molecule has 2 heterocycles. The van der Waals surface area contributed by atoms with Gasteiger partial charge in [0.2, 0.25) is 0 Å². The highest BCUT2D eigenvalue weighted by molar-refractivity contribution is 5.89. The summed E-state index contributed by atoms with van der Waals surface area (Å²) in [5.41, 5.74) is 3.38. The Balaban J connectivity index is 1.55.